The highest BCUT2D eigenvalue weighted by Crippen LogP contribution is 2.36. The number of hydrogen-bond donors (Lipinski definition) is 2. The zero-order chi connectivity index (χ0) is 13.9. The summed E-state index contributed by atoms with van der Waals surface area (Å²) in [6, 6.07) is 5.19. The van der Waals surface area contributed by atoms with E-state index in [0.717, 1.165) is 23.1 Å². The van der Waals surface area contributed by atoms with Gasteiger partial charge in [0.25, 0.3) is 0 Å². The quantitative estimate of drug-likeness (QED) is 0.865. The van der Waals surface area contributed by atoms with E-state index in [1.165, 1.54) is 25.7 Å². The Kier molecular flexibility index (Phi) is 4.63. The van der Waals surface area contributed by atoms with Gasteiger partial charge in [-0.2, -0.15) is 0 Å². The smallest absolute Gasteiger partial charge is 0.335 e. The monoisotopic (exact) mass is 325 g/mol. The molecular formula is C15H20BrNO2. The Morgan fingerprint density at radius 1 is 1.42 bits per heavy atom. The summed E-state index contributed by atoms with van der Waals surface area (Å²) in [6.45, 7) is 4.14. The van der Waals surface area contributed by atoms with Crippen molar-refractivity contribution in [2.24, 2.45) is 5.41 Å². The average molecular weight is 326 g/mol. The standard InChI is InChI=1S/C15H20BrNO2/c1-15(6-2-3-7-15)10-17-9-12-5-4-11(14(18)19)8-13(12)16/h4-5,8,17H,2-3,6-7,9-10H2,1H3,(H,18,19). The van der Waals surface area contributed by atoms with Gasteiger partial charge in [0.05, 0.1) is 5.56 Å². The fraction of sp³-hybridized carbons (Fsp3) is 0.533. The molecule has 0 radical (unpaired) electrons. The van der Waals surface area contributed by atoms with Gasteiger partial charge in [-0.1, -0.05) is 41.8 Å². The van der Waals surface area contributed by atoms with Crippen LogP contribution in [0.4, 0.5) is 0 Å². The van der Waals surface area contributed by atoms with Gasteiger partial charge in [-0.15, -0.1) is 0 Å². The summed E-state index contributed by atoms with van der Waals surface area (Å²) < 4.78 is 0.858. The number of nitrogens with one attached hydrogen (secondary N) is 1. The van der Waals surface area contributed by atoms with Crippen LogP contribution in [0, 0.1) is 5.41 Å². The highest BCUT2D eigenvalue weighted by molar-refractivity contribution is 9.10. The van der Waals surface area contributed by atoms with Crippen molar-refractivity contribution in [3.63, 3.8) is 0 Å². The molecule has 1 aliphatic rings. The Morgan fingerprint density at radius 2 is 2.11 bits per heavy atom. The van der Waals surface area contributed by atoms with Crippen LogP contribution in [0.15, 0.2) is 22.7 Å². The zero-order valence-corrected chi connectivity index (χ0v) is 12.8. The third-order valence-corrected chi connectivity index (χ3v) is 4.72. The fourth-order valence-corrected chi connectivity index (χ4v) is 3.25. The molecule has 0 aromatic heterocycles. The van der Waals surface area contributed by atoms with Crippen LogP contribution >= 0.6 is 15.9 Å². The Morgan fingerprint density at radius 3 is 2.68 bits per heavy atom. The number of carboxylic acid groups (broad SMARTS) is 1. The Labute approximate surface area is 122 Å². The van der Waals surface area contributed by atoms with Crippen molar-refractivity contribution in [2.75, 3.05) is 6.54 Å². The second kappa shape index (κ2) is 6.06. The van der Waals surface area contributed by atoms with Gasteiger partial charge in [-0.25, -0.2) is 4.79 Å². The number of aromatic carboxylic acids is 1. The van der Waals surface area contributed by atoms with Crippen LogP contribution < -0.4 is 5.32 Å². The van der Waals surface area contributed by atoms with E-state index in [4.69, 9.17) is 5.11 Å². The lowest BCUT2D eigenvalue weighted by molar-refractivity contribution is 0.0697. The van der Waals surface area contributed by atoms with E-state index in [-0.39, 0.29) is 0 Å². The van der Waals surface area contributed by atoms with E-state index < -0.39 is 5.97 Å². The molecule has 1 saturated carbocycles. The number of rotatable bonds is 5. The molecule has 19 heavy (non-hydrogen) atoms. The lowest BCUT2D eigenvalue weighted by Gasteiger charge is -2.24. The molecule has 3 nitrogen and oxygen atoms in total. The van der Waals surface area contributed by atoms with Gasteiger partial charge in [0, 0.05) is 17.6 Å². The summed E-state index contributed by atoms with van der Waals surface area (Å²) in [6.07, 6.45) is 5.29. The van der Waals surface area contributed by atoms with Gasteiger partial charge in [0.1, 0.15) is 0 Å². The Balaban J connectivity index is 1.91. The summed E-state index contributed by atoms with van der Waals surface area (Å²) in [4.78, 5) is 10.9. The molecule has 1 aromatic rings. The maximum Gasteiger partial charge on any atom is 0.335 e. The molecule has 2 rings (SSSR count). The van der Waals surface area contributed by atoms with Gasteiger partial charge < -0.3 is 10.4 Å². The van der Waals surface area contributed by atoms with E-state index in [9.17, 15) is 4.79 Å². The third-order valence-electron chi connectivity index (χ3n) is 3.98. The molecule has 0 unspecified atom stereocenters. The Hall–Kier alpha value is -0.870. The maximum absolute atomic E-state index is 10.9. The Bertz CT molecular complexity index is 467. The molecule has 0 amide bonds. The first kappa shape index (κ1) is 14.5. The summed E-state index contributed by atoms with van der Waals surface area (Å²) in [5.41, 5.74) is 1.86. The second-order valence-corrected chi connectivity index (χ2v) is 6.59. The number of halogens is 1. The van der Waals surface area contributed by atoms with Crippen molar-refractivity contribution < 1.29 is 9.90 Å². The maximum atomic E-state index is 10.9. The molecule has 0 atom stereocenters. The molecule has 0 aliphatic heterocycles. The fourth-order valence-electron chi connectivity index (χ4n) is 2.73. The van der Waals surface area contributed by atoms with Crippen molar-refractivity contribution in [1.82, 2.24) is 5.32 Å². The first-order chi connectivity index (χ1) is 9.00. The summed E-state index contributed by atoms with van der Waals surface area (Å²) >= 11 is 3.44. The molecule has 0 heterocycles. The lowest BCUT2D eigenvalue weighted by Crippen LogP contribution is -2.29. The average Bonchev–Trinajstić information content (AvgIpc) is 2.78. The lowest BCUT2D eigenvalue weighted by atomic mass is 9.89. The molecule has 4 heteroatoms. The van der Waals surface area contributed by atoms with Crippen LogP contribution in [0.3, 0.4) is 0 Å². The van der Waals surface area contributed by atoms with Crippen LogP contribution in [0.1, 0.15) is 48.5 Å². The topological polar surface area (TPSA) is 49.3 Å². The van der Waals surface area contributed by atoms with E-state index in [1.54, 1.807) is 12.1 Å². The summed E-state index contributed by atoms with van der Waals surface area (Å²) in [7, 11) is 0. The van der Waals surface area contributed by atoms with Crippen LogP contribution in [-0.4, -0.2) is 17.6 Å². The minimum atomic E-state index is -0.890. The van der Waals surface area contributed by atoms with Crippen molar-refractivity contribution in [1.29, 1.82) is 0 Å². The van der Waals surface area contributed by atoms with Gasteiger partial charge in [-0.3, -0.25) is 0 Å². The first-order valence-corrected chi connectivity index (χ1v) is 7.52. The highest BCUT2D eigenvalue weighted by Gasteiger charge is 2.27. The largest absolute Gasteiger partial charge is 0.478 e. The van der Waals surface area contributed by atoms with Crippen LogP contribution in [-0.2, 0) is 6.54 Å². The SMILES string of the molecule is CC1(CNCc2ccc(C(=O)O)cc2Br)CCCC1. The zero-order valence-electron chi connectivity index (χ0n) is 11.2. The van der Waals surface area contributed by atoms with Crippen molar-refractivity contribution in [2.45, 2.75) is 39.2 Å². The minimum Gasteiger partial charge on any atom is -0.478 e. The van der Waals surface area contributed by atoms with Gasteiger partial charge in [0.2, 0.25) is 0 Å². The van der Waals surface area contributed by atoms with E-state index in [0.29, 0.717) is 11.0 Å². The van der Waals surface area contributed by atoms with E-state index >= 15 is 0 Å². The number of carbonyl (C=O) groups is 1. The first-order valence-electron chi connectivity index (χ1n) is 6.73. The molecule has 1 aliphatic carbocycles. The predicted molar refractivity (Wildman–Crippen MR) is 79.4 cm³/mol. The van der Waals surface area contributed by atoms with Gasteiger partial charge >= 0.3 is 5.97 Å². The van der Waals surface area contributed by atoms with E-state index in [2.05, 4.69) is 28.2 Å². The molecule has 0 spiro atoms. The highest BCUT2D eigenvalue weighted by atomic mass is 79.9. The number of hydrogen-bond acceptors (Lipinski definition) is 2. The van der Waals surface area contributed by atoms with Crippen molar-refractivity contribution in [3.8, 4) is 0 Å². The van der Waals surface area contributed by atoms with Crippen molar-refractivity contribution >= 4 is 21.9 Å². The molecule has 2 N–H and O–H groups in total. The summed E-state index contributed by atoms with van der Waals surface area (Å²) in [5.74, 6) is -0.890. The van der Waals surface area contributed by atoms with Crippen LogP contribution in [0.2, 0.25) is 0 Å². The second-order valence-electron chi connectivity index (χ2n) is 5.73. The van der Waals surface area contributed by atoms with Gasteiger partial charge in [-0.05, 0) is 36.0 Å². The molecule has 0 bridgehead atoms. The summed E-state index contributed by atoms with van der Waals surface area (Å²) in [5, 5.41) is 12.4. The molecule has 1 fully saturated rings. The van der Waals surface area contributed by atoms with E-state index in [1.807, 2.05) is 6.07 Å². The number of benzene rings is 1. The van der Waals surface area contributed by atoms with Crippen LogP contribution in [0.25, 0.3) is 0 Å². The van der Waals surface area contributed by atoms with Crippen molar-refractivity contribution in [3.05, 3.63) is 33.8 Å². The molecular weight excluding hydrogens is 306 g/mol. The molecule has 104 valence electrons. The van der Waals surface area contributed by atoms with Gasteiger partial charge in [0.15, 0.2) is 0 Å². The van der Waals surface area contributed by atoms with Crippen LogP contribution in [0.5, 0.6) is 0 Å². The normalized spacial score (nSPS) is 17.6. The molecule has 1 aromatic carbocycles. The predicted octanol–water partition coefficient (Wildman–Crippen LogP) is 3.82. The molecule has 0 saturated heterocycles. The number of carboxylic acids is 1. The third kappa shape index (κ3) is 3.80. The minimum absolute atomic E-state index is 0.318.